The molecular weight excluding hydrogens is 250 g/mol. The highest BCUT2D eigenvalue weighted by Gasteiger charge is 2.16. The van der Waals surface area contributed by atoms with Crippen molar-refractivity contribution < 1.29 is 4.79 Å². The van der Waals surface area contributed by atoms with Crippen LogP contribution >= 0.6 is 0 Å². The quantitative estimate of drug-likeness (QED) is 0.915. The molecule has 1 amide bonds. The van der Waals surface area contributed by atoms with Crippen molar-refractivity contribution >= 4 is 11.6 Å². The summed E-state index contributed by atoms with van der Waals surface area (Å²) in [7, 11) is 1.87. The molecule has 0 spiro atoms. The monoisotopic (exact) mass is 271 g/mol. The number of nitrogens with one attached hydrogen (secondary N) is 1. The van der Waals surface area contributed by atoms with E-state index in [1.807, 2.05) is 24.1 Å². The van der Waals surface area contributed by atoms with E-state index in [1.165, 1.54) is 19.3 Å². The molecule has 0 heterocycles. The van der Waals surface area contributed by atoms with E-state index in [0.717, 1.165) is 18.5 Å². The zero-order valence-electron chi connectivity index (χ0n) is 11.9. The number of rotatable bonds is 4. The molecule has 0 unspecified atom stereocenters. The van der Waals surface area contributed by atoms with Gasteiger partial charge in [-0.05, 0) is 31.0 Å². The molecule has 0 atom stereocenters. The summed E-state index contributed by atoms with van der Waals surface area (Å²) in [6, 6.07) is 9.77. The Bertz CT molecular complexity index is 501. The minimum Gasteiger partial charge on any atom is -0.365 e. The molecule has 1 aliphatic rings. The Balaban J connectivity index is 1.88. The lowest BCUT2D eigenvalue weighted by atomic mass is 9.95. The van der Waals surface area contributed by atoms with Gasteiger partial charge in [0.1, 0.15) is 0 Å². The highest BCUT2D eigenvalue weighted by molar-refractivity contribution is 5.81. The fraction of sp³-hybridized carbons (Fsp3) is 0.500. The fourth-order valence-corrected chi connectivity index (χ4v) is 2.64. The van der Waals surface area contributed by atoms with Gasteiger partial charge in [0.15, 0.2) is 0 Å². The summed E-state index contributed by atoms with van der Waals surface area (Å²) >= 11 is 0. The predicted octanol–water partition coefficient (Wildman–Crippen LogP) is 2.44. The first-order valence-corrected chi connectivity index (χ1v) is 7.19. The average molecular weight is 271 g/mol. The lowest BCUT2D eigenvalue weighted by molar-refractivity contribution is -0.120. The van der Waals surface area contributed by atoms with E-state index in [9.17, 15) is 4.79 Å². The Kier molecular flexibility index (Phi) is 5.00. The third-order valence-electron chi connectivity index (χ3n) is 3.77. The van der Waals surface area contributed by atoms with Crippen LogP contribution < -0.4 is 10.2 Å². The SMILES string of the molecule is CN(CC(=O)NC1CCCCC1)c1cccc(C#N)c1. The maximum absolute atomic E-state index is 12.0. The van der Waals surface area contributed by atoms with Crippen LogP contribution in [0.15, 0.2) is 24.3 Å². The molecule has 106 valence electrons. The molecule has 20 heavy (non-hydrogen) atoms. The molecule has 4 heteroatoms. The number of anilines is 1. The van der Waals surface area contributed by atoms with Gasteiger partial charge >= 0.3 is 0 Å². The number of hydrogen-bond donors (Lipinski definition) is 1. The lowest BCUT2D eigenvalue weighted by Crippen LogP contribution is -2.41. The largest absolute Gasteiger partial charge is 0.365 e. The first kappa shape index (κ1) is 14.4. The van der Waals surface area contributed by atoms with Crippen LogP contribution in [-0.4, -0.2) is 25.5 Å². The van der Waals surface area contributed by atoms with Gasteiger partial charge in [-0.3, -0.25) is 4.79 Å². The summed E-state index contributed by atoms with van der Waals surface area (Å²) in [4.78, 5) is 13.9. The molecule has 0 aromatic heterocycles. The summed E-state index contributed by atoms with van der Waals surface area (Å²) in [6.45, 7) is 0.325. The van der Waals surface area contributed by atoms with Gasteiger partial charge in [0.2, 0.25) is 5.91 Å². The van der Waals surface area contributed by atoms with E-state index in [-0.39, 0.29) is 5.91 Å². The normalized spacial score (nSPS) is 15.4. The second-order valence-electron chi connectivity index (χ2n) is 5.42. The lowest BCUT2D eigenvalue weighted by Gasteiger charge is -2.25. The highest BCUT2D eigenvalue weighted by atomic mass is 16.2. The number of carbonyl (C=O) groups excluding carboxylic acids is 1. The van der Waals surface area contributed by atoms with Crippen molar-refractivity contribution in [2.75, 3.05) is 18.5 Å². The molecule has 0 saturated heterocycles. The molecule has 1 aromatic rings. The van der Waals surface area contributed by atoms with Crippen LogP contribution in [0.5, 0.6) is 0 Å². The fourth-order valence-electron chi connectivity index (χ4n) is 2.64. The first-order valence-electron chi connectivity index (χ1n) is 7.19. The van der Waals surface area contributed by atoms with Crippen LogP contribution in [0.25, 0.3) is 0 Å². The zero-order chi connectivity index (χ0) is 14.4. The summed E-state index contributed by atoms with van der Waals surface area (Å²) in [5.41, 5.74) is 1.50. The minimum atomic E-state index is 0.0572. The van der Waals surface area contributed by atoms with Gasteiger partial charge in [0.05, 0.1) is 18.2 Å². The molecule has 1 aliphatic carbocycles. The van der Waals surface area contributed by atoms with E-state index in [2.05, 4.69) is 11.4 Å². The maximum atomic E-state index is 12.0. The smallest absolute Gasteiger partial charge is 0.239 e. The van der Waals surface area contributed by atoms with Crippen molar-refractivity contribution in [3.05, 3.63) is 29.8 Å². The number of likely N-dealkylation sites (N-methyl/N-ethyl adjacent to an activating group) is 1. The van der Waals surface area contributed by atoms with Crippen LogP contribution in [-0.2, 0) is 4.79 Å². The number of benzene rings is 1. The van der Waals surface area contributed by atoms with Crippen molar-refractivity contribution in [1.29, 1.82) is 5.26 Å². The molecule has 0 radical (unpaired) electrons. The molecule has 1 fully saturated rings. The van der Waals surface area contributed by atoms with Crippen LogP contribution in [0.4, 0.5) is 5.69 Å². The topological polar surface area (TPSA) is 56.1 Å². The number of amides is 1. The molecule has 2 rings (SSSR count). The van der Waals surface area contributed by atoms with Gasteiger partial charge in [-0.2, -0.15) is 5.26 Å². The summed E-state index contributed by atoms with van der Waals surface area (Å²) < 4.78 is 0. The molecular formula is C16H21N3O. The second-order valence-corrected chi connectivity index (χ2v) is 5.42. The number of nitrogens with zero attached hydrogens (tertiary/aromatic N) is 2. The Morgan fingerprint density at radius 3 is 2.85 bits per heavy atom. The van der Waals surface area contributed by atoms with Gasteiger partial charge in [-0.15, -0.1) is 0 Å². The van der Waals surface area contributed by atoms with Crippen LogP contribution in [0.2, 0.25) is 0 Å². The van der Waals surface area contributed by atoms with Crippen molar-refractivity contribution in [3.63, 3.8) is 0 Å². The van der Waals surface area contributed by atoms with Gasteiger partial charge in [-0.1, -0.05) is 25.3 Å². The average Bonchev–Trinajstić information content (AvgIpc) is 2.48. The van der Waals surface area contributed by atoms with Gasteiger partial charge in [-0.25, -0.2) is 0 Å². The zero-order valence-corrected chi connectivity index (χ0v) is 11.9. The van der Waals surface area contributed by atoms with Crippen LogP contribution in [0, 0.1) is 11.3 Å². The van der Waals surface area contributed by atoms with E-state index < -0.39 is 0 Å². The molecule has 1 aromatic carbocycles. The summed E-state index contributed by atoms with van der Waals surface area (Å²) in [6.07, 6.45) is 5.90. The summed E-state index contributed by atoms with van der Waals surface area (Å²) in [5, 5.41) is 12.0. The minimum absolute atomic E-state index is 0.0572. The molecule has 0 aliphatic heterocycles. The second kappa shape index (κ2) is 6.95. The molecule has 0 bridgehead atoms. The Labute approximate surface area is 120 Å². The van der Waals surface area contributed by atoms with Gasteiger partial charge in [0.25, 0.3) is 0 Å². The van der Waals surface area contributed by atoms with Crippen LogP contribution in [0.3, 0.4) is 0 Å². The Morgan fingerprint density at radius 2 is 2.15 bits per heavy atom. The van der Waals surface area contributed by atoms with Crippen molar-refractivity contribution in [2.24, 2.45) is 0 Å². The molecule has 1 N–H and O–H groups in total. The third-order valence-corrected chi connectivity index (χ3v) is 3.77. The standard InChI is InChI=1S/C16H21N3O/c1-19(15-9-5-6-13(10-15)11-17)12-16(20)18-14-7-3-2-4-8-14/h5-6,9-10,14H,2-4,7-8,12H2,1H3,(H,18,20). The highest BCUT2D eigenvalue weighted by Crippen LogP contribution is 2.18. The number of nitriles is 1. The van der Waals surface area contributed by atoms with Crippen molar-refractivity contribution in [3.8, 4) is 6.07 Å². The summed E-state index contributed by atoms with van der Waals surface area (Å²) in [5.74, 6) is 0.0572. The van der Waals surface area contributed by atoms with Gasteiger partial charge in [0, 0.05) is 18.8 Å². The van der Waals surface area contributed by atoms with E-state index in [0.29, 0.717) is 18.2 Å². The van der Waals surface area contributed by atoms with Crippen molar-refractivity contribution in [2.45, 2.75) is 38.1 Å². The van der Waals surface area contributed by atoms with Gasteiger partial charge < -0.3 is 10.2 Å². The number of hydrogen-bond acceptors (Lipinski definition) is 3. The predicted molar refractivity (Wildman–Crippen MR) is 79.4 cm³/mol. The molecule has 4 nitrogen and oxygen atoms in total. The van der Waals surface area contributed by atoms with E-state index >= 15 is 0 Å². The maximum Gasteiger partial charge on any atom is 0.239 e. The Morgan fingerprint density at radius 1 is 1.40 bits per heavy atom. The van der Waals surface area contributed by atoms with E-state index in [1.54, 1.807) is 12.1 Å². The molecule has 1 saturated carbocycles. The van der Waals surface area contributed by atoms with Crippen molar-refractivity contribution in [1.82, 2.24) is 5.32 Å². The first-order chi connectivity index (χ1) is 9.69. The number of carbonyl (C=O) groups is 1. The third kappa shape index (κ3) is 3.99. The Hall–Kier alpha value is -2.02. The van der Waals surface area contributed by atoms with E-state index in [4.69, 9.17) is 5.26 Å². The van der Waals surface area contributed by atoms with Crippen LogP contribution in [0.1, 0.15) is 37.7 Å².